The molecule has 0 aliphatic carbocycles. The SMILES string of the molecule is O=C(O)c1ccc2c(c1)[nH]c(=O)n2CCc1ncon1. The second-order valence-electron chi connectivity index (χ2n) is 4.22. The van der Waals surface area contributed by atoms with Crippen LogP contribution in [0, 0.1) is 0 Å². The number of nitrogens with one attached hydrogen (secondary N) is 1. The molecule has 3 aromatic rings. The molecule has 20 heavy (non-hydrogen) atoms. The fourth-order valence-electron chi connectivity index (χ4n) is 2.03. The number of benzene rings is 1. The van der Waals surface area contributed by atoms with Gasteiger partial charge in [-0.2, -0.15) is 4.98 Å². The van der Waals surface area contributed by atoms with Gasteiger partial charge in [0.2, 0.25) is 6.39 Å². The van der Waals surface area contributed by atoms with Gasteiger partial charge in [0.05, 0.1) is 16.6 Å². The third-order valence-corrected chi connectivity index (χ3v) is 2.99. The molecule has 0 saturated carbocycles. The number of imidazole rings is 1. The van der Waals surface area contributed by atoms with Crippen molar-refractivity contribution in [2.24, 2.45) is 0 Å². The quantitative estimate of drug-likeness (QED) is 0.722. The summed E-state index contributed by atoms with van der Waals surface area (Å²) in [6.45, 7) is 0.380. The molecule has 0 amide bonds. The number of aromatic carboxylic acids is 1. The fourth-order valence-corrected chi connectivity index (χ4v) is 2.03. The predicted octanol–water partition coefficient (Wildman–Crippen LogP) is 0.653. The maximum absolute atomic E-state index is 11.9. The Balaban J connectivity index is 1.96. The van der Waals surface area contributed by atoms with Crippen LogP contribution in [0.25, 0.3) is 11.0 Å². The molecule has 8 heteroatoms. The molecule has 1 aromatic carbocycles. The first-order valence-corrected chi connectivity index (χ1v) is 5.86. The average molecular weight is 274 g/mol. The number of aromatic nitrogens is 4. The largest absolute Gasteiger partial charge is 0.478 e. The summed E-state index contributed by atoms with van der Waals surface area (Å²) in [6, 6.07) is 4.50. The molecular weight excluding hydrogens is 264 g/mol. The number of hydrogen-bond donors (Lipinski definition) is 2. The zero-order valence-electron chi connectivity index (χ0n) is 10.2. The number of hydrogen-bond acceptors (Lipinski definition) is 5. The van der Waals surface area contributed by atoms with Crippen LogP contribution in [0.1, 0.15) is 16.2 Å². The van der Waals surface area contributed by atoms with Crippen molar-refractivity contribution in [3.05, 3.63) is 46.5 Å². The lowest BCUT2D eigenvalue weighted by Crippen LogP contribution is -2.18. The molecule has 0 unspecified atom stereocenters. The Bertz CT molecular complexity index is 816. The molecular formula is C12H10N4O4. The highest BCUT2D eigenvalue weighted by Crippen LogP contribution is 2.13. The van der Waals surface area contributed by atoms with Crippen LogP contribution in [0.4, 0.5) is 0 Å². The second-order valence-corrected chi connectivity index (χ2v) is 4.22. The lowest BCUT2D eigenvalue weighted by molar-refractivity contribution is 0.0697. The zero-order chi connectivity index (χ0) is 14.1. The van der Waals surface area contributed by atoms with Gasteiger partial charge < -0.3 is 14.6 Å². The summed E-state index contributed by atoms with van der Waals surface area (Å²) in [5, 5.41) is 12.6. The second kappa shape index (κ2) is 4.65. The zero-order valence-corrected chi connectivity index (χ0v) is 10.2. The van der Waals surface area contributed by atoms with Crippen molar-refractivity contribution in [3.8, 4) is 0 Å². The number of aromatic amines is 1. The molecule has 0 spiro atoms. The van der Waals surface area contributed by atoms with Gasteiger partial charge in [-0.15, -0.1) is 0 Å². The first kappa shape index (κ1) is 12.2. The van der Waals surface area contributed by atoms with Crippen LogP contribution >= 0.6 is 0 Å². The lowest BCUT2D eigenvalue weighted by atomic mass is 10.2. The van der Waals surface area contributed by atoms with Crippen molar-refractivity contribution < 1.29 is 14.4 Å². The summed E-state index contributed by atoms with van der Waals surface area (Å²) in [7, 11) is 0. The van der Waals surface area contributed by atoms with E-state index in [2.05, 4.69) is 19.6 Å². The summed E-state index contributed by atoms with van der Waals surface area (Å²) >= 11 is 0. The molecule has 2 N–H and O–H groups in total. The molecule has 8 nitrogen and oxygen atoms in total. The minimum atomic E-state index is -1.03. The molecule has 0 radical (unpaired) electrons. The van der Waals surface area contributed by atoms with Crippen LogP contribution in [0.2, 0.25) is 0 Å². The number of aryl methyl sites for hydroxylation is 2. The third kappa shape index (κ3) is 2.07. The van der Waals surface area contributed by atoms with Gasteiger partial charge in [-0.1, -0.05) is 5.16 Å². The number of fused-ring (bicyclic) bond motifs is 1. The molecule has 0 aliphatic heterocycles. The van der Waals surface area contributed by atoms with Crippen molar-refractivity contribution >= 4 is 17.0 Å². The summed E-state index contributed by atoms with van der Waals surface area (Å²) in [5.74, 6) is -0.527. The van der Waals surface area contributed by atoms with E-state index in [4.69, 9.17) is 5.11 Å². The maximum Gasteiger partial charge on any atom is 0.335 e. The third-order valence-electron chi connectivity index (χ3n) is 2.99. The first-order chi connectivity index (χ1) is 9.65. The van der Waals surface area contributed by atoms with Gasteiger partial charge in [-0.25, -0.2) is 9.59 Å². The van der Waals surface area contributed by atoms with Crippen molar-refractivity contribution in [2.75, 3.05) is 0 Å². The molecule has 0 saturated heterocycles. The topological polar surface area (TPSA) is 114 Å². The van der Waals surface area contributed by atoms with Crippen LogP contribution in [-0.4, -0.2) is 30.8 Å². The van der Waals surface area contributed by atoms with Crippen LogP contribution in [0.15, 0.2) is 33.9 Å². The number of carboxylic acid groups (broad SMARTS) is 1. The molecule has 0 atom stereocenters. The minimum Gasteiger partial charge on any atom is -0.478 e. The van der Waals surface area contributed by atoms with Gasteiger partial charge in [-0.05, 0) is 18.2 Å². The highest BCUT2D eigenvalue weighted by atomic mass is 16.5. The average Bonchev–Trinajstić information content (AvgIpc) is 3.02. The molecule has 102 valence electrons. The van der Waals surface area contributed by atoms with Gasteiger partial charge >= 0.3 is 11.7 Å². The van der Waals surface area contributed by atoms with Crippen LogP contribution in [-0.2, 0) is 13.0 Å². The smallest absolute Gasteiger partial charge is 0.335 e. The number of carboxylic acids is 1. The summed E-state index contributed by atoms with van der Waals surface area (Å²) < 4.78 is 6.13. The molecule has 0 fully saturated rings. The van der Waals surface area contributed by atoms with E-state index in [1.807, 2.05) is 0 Å². The van der Waals surface area contributed by atoms with Crippen molar-refractivity contribution in [3.63, 3.8) is 0 Å². The van der Waals surface area contributed by atoms with Gasteiger partial charge in [-0.3, -0.25) is 4.57 Å². The van der Waals surface area contributed by atoms with E-state index >= 15 is 0 Å². The highest BCUT2D eigenvalue weighted by molar-refractivity contribution is 5.92. The number of H-pyrrole nitrogens is 1. The van der Waals surface area contributed by atoms with Crippen LogP contribution in [0.3, 0.4) is 0 Å². The van der Waals surface area contributed by atoms with Gasteiger partial charge in [0.1, 0.15) is 0 Å². The van der Waals surface area contributed by atoms with Gasteiger partial charge in [0.15, 0.2) is 5.82 Å². The molecule has 2 aromatic heterocycles. The monoisotopic (exact) mass is 274 g/mol. The molecule has 0 aliphatic rings. The summed E-state index contributed by atoms with van der Waals surface area (Å²) in [5.41, 5.74) is 0.960. The van der Waals surface area contributed by atoms with E-state index in [1.165, 1.54) is 23.1 Å². The van der Waals surface area contributed by atoms with Crippen LogP contribution in [0.5, 0.6) is 0 Å². The Kier molecular flexibility index (Phi) is 2.82. The Labute approximate surface area is 111 Å². The number of carbonyl (C=O) groups is 1. The normalized spacial score (nSPS) is 11.0. The number of nitrogens with zero attached hydrogens (tertiary/aromatic N) is 3. The Hall–Kier alpha value is -2.90. The Morgan fingerprint density at radius 1 is 1.45 bits per heavy atom. The maximum atomic E-state index is 11.9. The highest BCUT2D eigenvalue weighted by Gasteiger charge is 2.10. The van der Waals surface area contributed by atoms with Crippen molar-refractivity contribution in [1.82, 2.24) is 19.7 Å². The van der Waals surface area contributed by atoms with Crippen molar-refractivity contribution in [1.29, 1.82) is 0 Å². The Morgan fingerprint density at radius 3 is 3.00 bits per heavy atom. The lowest BCUT2D eigenvalue weighted by Gasteiger charge is -2.01. The van der Waals surface area contributed by atoms with Crippen molar-refractivity contribution in [2.45, 2.75) is 13.0 Å². The van der Waals surface area contributed by atoms with E-state index < -0.39 is 5.97 Å². The van der Waals surface area contributed by atoms with E-state index in [9.17, 15) is 9.59 Å². The minimum absolute atomic E-state index is 0.129. The molecule has 2 heterocycles. The standard InChI is InChI=1S/C12H10N4O4/c17-11(18)7-1-2-9-8(5-7)14-12(19)16(9)4-3-10-13-6-20-15-10/h1-2,5-6H,3-4H2,(H,14,19)(H,17,18). The summed E-state index contributed by atoms with van der Waals surface area (Å²) in [4.78, 5) is 29.3. The first-order valence-electron chi connectivity index (χ1n) is 5.86. The molecule has 0 bridgehead atoms. The van der Waals surface area contributed by atoms with E-state index in [1.54, 1.807) is 6.07 Å². The Morgan fingerprint density at radius 2 is 2.30 bits per heavy atom. The van der Waals surface area contributed by atoms with Gasteiger partial charge in [0, 0.05) is 13.0 Å². The van der Waals surface area contributed by atoms with E-state index in [0.29, 0.717) is 29.8 Å². The van der Waals surface area contributed by atoms with Crippen LogP contribution < -0.4 is 5.69 Å². The summed E-state index contributed by atoms with van der Waals surface area (Å²) in [6.07, 6.45) is 1.68. The van der Waals surface area contributed by atoms with Gasteiger partial charge in [0.25, 0.3) is 0 Å². The van der Waals surface area contributed by atoms with E-state index in [-0.39, 0.29) is 11.3 Å². The van der Waals surface area contributed by atoms with E-state index in [0.717, 1.165) is 0 Å². The fraction of sp³-hybridized carbons (Fsp3) is 0.167. The number of rotatable bonds is 4. The molecule has 3 rings (SSSR count). The predicted molar refractivity (Wildman–Crippen MR) is 67.5 cm³/mol.